The van der Waals surface area contributed by atoms with Gasteiger partial charge in [-0.15, -0.1) is 0 Å². The number of anilines is 2. The number of amides is 2. The molecule has 144 valence electrons. The minimum atomic E-state index is -4.54. The average molecular weight is 379 g/mol. The van der Waals surface area contributed by atoms with Crippen molar-refractivity contribution >= 4 is 17.5 Å². The number of rotatable bonds is 2. The van der Waals surface area contributed by atoms with E-state index < -0.39 is 17.8 Å². The maximum atomic E-state index is 13.1. The molecular formula is C18H20F3N5O. The van der Waals surface area contributed by atoms with Gasteiger partial charge in [-0.3, -0.25) is 0 Å². The second-order valence-corrected chi connectivity index (χ2v) is 6.56. The molecule has 1 N–H and O–H groups in total. The zero-order valence-corrected chi connectivity index (χ0v) is 15.3. The van der Waals surface area contributed by atoms with E-state index in [0.717, 1.165) is 17.3 Å². The van der Waals surface area contributed by atoms with Gasteiger partial charge in [0.15, 0.2) is 0 Å². The highest BCUT2D eigenvalue weighted by molar-refractivity contribution is 5.90. The maximum Gasteiger partial charge on any atom is 0.418 e. The van der Waals surface area contributed by atoms with E-state index in [9.17, 15) is 18.0 Å². The van der Waals surface area contributed by atoms with Gasteiger partial charge >= 0.3 is 12.2 Å². The molecule has 0 atom stereocenters. The van der Waals surface area contributed by atoms with Crippen molar-refractivity contribution in [2.75, 3.05) is 30.9 Å². The Morgan fingerprint density at radius 3 is 2.59 bits per heavy atom. The lowest BCUT2D eigenvalue weighted by Crippen LogP contribution is -2.40. The maximum absolute atomic E-state index is 13.1. The van der Waals surface area contributed by atoms with Crippen LogP contribution in [0.5, 0.6) is 0 Å². The van der Waals surface area contributed by atoms with Crippen LogP contribution in [0.25, 0.3) is 0 Å². The first-order chi connectivity index (χ1) is 12.7. The molecule has 1 aliphatic rings. The summed E-state index contributed by atoms with van der Waals surface area (Å²) >= 11 is 0. The number of aromatic nitrogens is 2. The predicted octanol–water partition coefficient (Wildman–Crippen LogP) is 3.46. The van der Waals surface area contributed by atoms with E-state index in [0.29, 0.717) is 24.6 Å². The molecule has 1 aromatic carbocycles. The first-order valence-electron chi connectivity index (χ1n) is 8.42. The summed E-state index contributed by atoms with van der Waals surface area (Å²) in [6, 6.07) is 4.36. The van der Waals surface area contributed by atoms with Crippen LogP contribution >= 0.6 is 0 Å². The summed E-state index contributed by atoms with van der Waals surface area (Å²) in [5.74, 6) is 1.36. The molecule has 2 aromatic rings. The van der Waals surface area contributed by atoms with Crippen LogP contribution in [0.3, 0.4) is 0 Å². The molecule has 27 heavy (non-hydrogen) atoms. The van der Waals surface area contributed by atoms with Crippen molar-refractivity contribution in [1.82, 2.24) is 14.9 Å². The third-order valence-electron chi connectivity index (χ3n) is 4.34. The van der Waals surface area contributed by atoms with E-state index in [4.69, 9.17) is 0 Å². The Balaban J connectivity index is 1.84. The summed E-state index contributed by atoms with van der Waals surface area (Å²) in [6.45, 7) is 2.42. The van der Waals surface area contributed by atoms with E-state index in [-0.39, 0.29) is 12.2 Å². The number of nitrogens with zero attached hydrogens (tertiary/aromatic N) is 4. The van der Waals surface area contributed by atoms with Crippen LogP contribution in [0.15, 0.2) is 24.3 Å². The van der Waals surface area contributed by atoms with Gasteiger partial charge in [-0.2, -0.15) is 13.2 Å². The van der Waals surface area contributed by atoms with Crippen molar-refractivity contribution < 1.29 is 18.0 Å². The quantitative estimate of drug-likeness (QED) is 0.868. The molecule has 6 nitrogen and oxygen atoms in total. The van der Waals surface area contributed by atoms with Gasteiger partial charge in [0.2, 0.25) is 0 Å². The highest BCUT2D eigenvalue weighted by atomic mass is 19.4. The number of carbonyl (C=O) groups excluding carboxylic acids is 1. The number of alkyl halides is 3. The van der Waals surface area contributed by atoms with Crippen molar-refractivity contribution in [3.8, 4) is 0 Å². The summed E-state index contributed by atoms with van der Waals surface area (Å²) in [4.78, 5) is 24.8. The molecule has 1 aromatic heterocycles. The Morgan fingerprint density at radius 1 is 1.22 bits per heavy atom. The van der Waals surface area contributed by atoms with Gasteiger partial charge in [0, 0.05) is 32.6 Å². The van der Waals surface area contributed by atoms with Crippen molar-refractivity contribution in [3.05, 3.63) is 46.9 Å². The molecule has 3 rings (SSSR count). The minimum Gasteiger partial charge on any atom is -0.362 e. The number of hydrogen-bond donors (Lipinski definition) is 1. The fraction of sp³-hybridized carbons (Fsp3) is 0.389. The number of nitrogens with one attached hydrogen (secondary N) is 1. The average Bonchev–Trinajstić information content (AvgIpc) is 2.60. The molecule has 0 saturated heterocycles. The lowest BCUT2D eigenvalue weighted by molar-refractivity contribution is -0.136. The molecule has 0 saturated carbocycles. The number of urea groups is 1. The Bertz CT molecular complexity index is 867. The van der Waals surface area contributed by atoms with Crippen LogP contribution in [0.2, 0.25) is 0 Å². The molecule has 0 spiro atoms. The molecule has 2 amide bonds. The monoisotopic (exact) mass is 379 g/mol. The fourth-order valence-corrected chi connectivity index (χ4v) is 3.09. The Kier molecular flexibility index (Phi) is 4.95. The van der Waals surface area contributed by atoms with Gasteiger partial charge in [0.1, 0.15) is 11.6 Å². The third-order valence-corrected chi connectivity index (χ3v) is 4.34. The van der Waals surface area contributed by atoms with Crippen LogP contribution < -0.4 is 10.2 Å². The first kappa shape index (κ1) is 18.9. The summed E-state index contributed by atoms with van der Waals surface area (Å²) in [6.07, 6.45) is -4.02. The molecule has 0 unspecified atom stereocenters. The minimum absolute atomic E-state index is 0.239. The van der Waals surface area contributed by atoms with E-state index in [1.54, 1.807) is 6.92 Å². The van der Waals surface area contributed by atoms with Gasteiger partial charge < -0.3 is 15.1 Å². The number of halogens is 3. The SMILES string of the molecule is Cc1nc2c(c(N(C)C)n1)CN(C(=O)Nc1ccccc1C(F)(F)F)CC2. The molecule has 0 aliphatic carbocycles. The smallest absolute Gasteiger partial charge is 0.362 e. The van der Waals surface area contributed by atoms with Crippen molar-refractivity contribution in [2.45, 2.75) is 26.1 Å². The van der Waals surface area contributed by atoms with Gasteiger partial charge in [0.25, 0.3) is 0 Å². The number of benzene rings is 1. The topological polar surface area (TPSA) is 61.4 Å². The second kappa shape index (κ2) is 7.05. The molecule has 9 heteroatoms. The zero-order chi connectivity index (χ0) is 19.8. The van der Waals surface area contributed by atoms with Crippen LogP contribution in [0.1, 0.15) is 22.6 Å². The van der Waals surface area contributed by atoms with Crippen LogP contribution in [-0.4, -0.2) is 41.5 Å². The lowest BCUT2D eigenvalue weighted by atomic mass is 10.1. The van der Waals surface area contributed by atoms with E-state index >= 15 is 0 Å². The summed E-state index contributed by atoms with van der Waals surface area (Å²) in [5, 5.41) is 2.39. The Hall–Kier alpha value is -2.84. The van der Waals surface area contributed by atoms with Crippen molar-refractivity contribution in [1.29, 1.82) is 0 Å². The van der Waals surface area contributed by atoms with Gasteiger partial charge in [-0.05, 0) is 19.1 Å². The Labute approximate surface area is 155 Å². The van der Waals surface area contributed by atoms with Gasteiger partial charge in [-0.1, -0.05) is 12.1 Å². The van der Waals surface area contributed by atoms with E-state index in [1.807, 2.05) is 19.0 Å². The fourth-order valence-electron chi connectivity index (χ4n) is 3.09. The molecular weight excluding hydrogens is 359 g/mol. The normalized spacial score (nSPS) is 13.9. The van der Waals surface area contributed by atoms with Crippen LogP contribution in [0.4, 0.5) is 29.5 Å². The van der Waals surface area contributed by atoms with Crippen LogP contribution in [0, 0.1) is 6.92 Å². The van der Waals surface area contributed by atoms with E-state index in [2.05, 4.69) is 15.3 Å². The largest absolute Gasteiger partial charge is 0.418 e. The summed E-state index contributed by atoms with van der Waals surface area (Å²) in [7, 11) is 3.70. The summed E-state index contributed by atoms with van der Waals surface area (Å²) in [5.41, 5.74) is 0.555. The molecule has 0 bridgehead atoms. The molecule has 0 radical (unpaired) electrons. The molecule has 1 aliphatic heterocycles. The van der Waals surface area contributed by atoms with Gasteiger partial charge in [0.05, 0.1) is 23.5 Å². The third kappa shape index (κ3) is 3.96. The van der Waals surface area contributed by atoms with Gasteiger partial charge in [-0.25, -0.2) is 14.8 Å². The zero-order valence-electron chi connectivity index (χ0n) is 15.3. The number of carbonyl (C=O) groups is 1. The number of fused-ring (bicyclic) bond motifs is 1. The number of hydrogen-bond acceptors (Lipinski definition) is 4. The lowest BCUT2D eigenvalue weighted by Gasteiger charge is -2.31. The molecule has 0 fully saturated rings. The second-order valence-electron chi connectivity index (χ2n) is 6.56. The first-order valence-corrected chi connectivity index (χ1v) is 8.42. The molecule has 2 heterocycles. The van der Waals surface area contributed by atoms with E-state index in [1.165, 1.54) is 23.1 Å². The number of aryl methyl sites for hydroxylation is 1. The van der Waals surface area contributed by atoms with Crippen LogP contribution in [-0.2, 0) is 19.1 Å². The predicted molar refractivity (Wildman–Crippen MR) is 95.7 cm³/mol. The highest BCUT2D eigenvalue weighted by Gasteiger charge is 2.34. The number of para-hydroxylation sites is 1. The standard InChI is InChI=1S/C18H20F3N5O/c1-11-22-14-8-9-26(10-12(14)16(23-11)25(2)3)17(27)24-15-7-5-4-6-13(15)18(19,20)21/h4-7H,8-10H2,1-3H3,(H,24,27). The summed E-state index contributed by atoms with van der Waals surface area (Å²) < 4.78 is 39.4. The Morgan fingerprint density at radius 2 is 1.93 bits per heavy atom. The van der Waals surface area contributed by atoms with Crippen molar-refractivity contribution in [3.63, 3.8) is 0 Å². The van der Waals surface area contributed by atoms with Crippen molar-refractivity contribution in [2.24, 2.45) is 0 Å². The highest BCUT2D eigenvalue weighted by Crippen LogP contribution is 2.35.